The van der Waals surface area contributed by atoms with Crippen molar-refractivity contribution in [1.82, 2.24) is 0 Å². The predicted molar refractivity (Wildman–Crippen MR) is 80.9 cm³/mol. The molecule has 1 aliphatic heterocycles. The van der Waals surface area contributed by atoms with Gasteiger partial charge in [0.2, 0.25) is 0 Å². The molecule has 1 aromatic carbocycles. The van der Waals surface area contributed by atoms with Crippen LogP contribution in [0.15, 0.2) is 24.3 Å². The highest BCUT2D eigenvalue weighted by molar-refractivity contribution is 6.31. The first-order valence-corrected chi connectivity index (χ1v) is 7.38. The number of hydrogen-bond donors (Lipinski definition) is 0. The molecule has 19 heavy (non-hydrogen) atoms. The van der Waals surface area contributed by atoms with Crippen molar-refractivity contribution in [1.29, 1.82) is 0 Å². The highest BCUT2D eigenvalue weighted by Gasteiger charge is 2.23. The standard InChI is InChI=1S/C16H19ClN2/c1-11-5-7-19(8-6-11)16-9-12(2)14-4-3-13(17)10-15(14)18-16/h3-4,9-11H,5-8H2,1-2H3/p+1. The van der Waals surface area contributed by atoms with Crippen molar-refractivity contribution < 1.29 is 4.98 Å². The van der Waals surface area contributed by atoms with Crippen LogP contribution in [0.1, 0.15) is 25.3 Å². The fourth-order valence-corrected chi connectivity index (χ4v) is 3.01. The molecule has 0 aliphatic carbocycles. The Hall–Kier alpha value is -1.28. The molecule has 0 spiro atoms. The third-order valence-corrected chi connectivity index (χ3v) is 4.38. The minimum atomic E-state index is 0.785. The molecule has 1 aromatic heterocycles. The number of piperidine rings is 1. The van der Waals surface area contributed by atoms with Gasteiger partial charge < -0.3 is 0 Å². The average Bonchev–Trinajstić information content (AvgIpc) is 2.38. The Kier molecular flexibility index (Phi) is 3.36. The van der Waals surface area contributed by atoms with Crippen LogP contribution in [0.2, 0.25) is 5.02 Å². The summed E-state index contributed by atoms with van der Waals surface area (Å²) in [6.45, 7) is 6.79. The van der Waals surface area contributed by atoms with E-state index in [1.54, 1.807) is 0 Å². The van der Waals surface area contributed by atoms with E-state index in [-0.39, 0.29) is 0 Å². The molecule has 0 unspecified atom stereocenters. The molecule has 3 rings (SSSR count). The summed E-state index contributed by atoms with van der Waals surface area (Å²) < 4.78 is 0. The molecule has 0 atom stereocenters. The minimum absolute atomic E-state index is 0.785. The molecular formula is C16H20ClN2+. The molecule has 0 saturated carbocycles. The van der Waals surface area contributed by atoms with Gasteiger partial charge in [-0.15, -0.1) is 0 Å². The summed E-state index contributed by atoms with van der Waals surface area (Å²) in [5, 5.41) is 2.03. The van der Waals surface area contributed by atoms with E-state index in [0.29, 0.717) is 0 Å². The van der Waals surface area contributed by atoms with Gasteiger partial charge in [0.25, 0.3) is 5.82 Å². The van der Waals surface area contributed by atoms with Gasteiger partial charge in [-0.25, -0.2) is 4.98 Å². The molecule has 3 heteroatoms. The largest absolute Gasteiger partial charge is 0.275 e. The number of pyridine rings is 1. The maximum Gasteiger partial charge on any atom is 0.275 e. The lowest BCUT2D eigenvalue weighted by Gasteiger charge is -2.25. The van der Waals surface area contributed by atoms with Crippen molar-refractivity contribution in [2.24, 2.45) is 5.92 Å². The number of benzene rings is 1. The number of nitrogens with zero attached hydrogens (tertiary/aromatic N) is 1. The van der Waals surface area contributed by atoms with Crippen molar-refractivity contribution in [3.05, 3.63) is 34.9 Å². The van der Waals surface area contributed by atoms with E-state index in [4.69, 9.17) is 11.6 Å². The van der Waals surface area contributed by atoms with Crippen molar-refractivity contribution in [3.63, 3.8) is 0 Å². The first-order chi connectivity index (χ1) is 9.13. The first-order valence-electron chi connectivity index (χ1n) is 7.00. The molecule has 1 saturated heterocycles. The van der Waals surface area contributed by atoms with Crippen molar-refractivity contribution in [3.8, 4) is 0 Å². The van der Waals surface area contributed by atoms with Crippen molar-refractivity contribution >= 4 is 28.3 Å². The summed E-state index contributed by atoms with van der Waals surface area (Å²) in [5.74, 6) is 2.08. The number of H-pyrrole nitrogens is 1. The smallest absolute Gasteiger partial charge is 0.262 e. The van der Waals surface area contributed by atoms with Crippen LogP contribution in [0.3, 0.4) is 0 Å². The second kappa shape index (κ2) is 5.01. The highest BCUT2D eigenvalue weighted by atomic mass is 35.5. The van der Waals surface area contributed by atoms with Crippen LogP contribution in [-0.2, 0) is 0 Å². The Bertz CT molecular complexity index is 601. The number of aromatic nitrogens is 1. The summed E-state index contributed by atoms with van der Waals surface area (Å²) in [5.41, 5.74) is 2.43. The molecule has 1 aliphatic rings. The van der Waals surface area contributed by atoms with E-state index >= 15 is 0 Å². The van der Waals surface area contributed by atoms with Crippen LogP contribution < -0.4 is 9.88 Å². The molecule has 0 amide bonds. The van der Waals surface area contributed by atoms with E-state index in [0.717, 1.165) is 29.5 Å². The third kappa shape index (κ3) is 2.55. The molecule has 0 bridgehead atoms. The van der Waals surface area contributed by atoms with Gasteiger partial charge in [-0.1, -0.05) is 18.5 Å². The molecule has 1 fully saturated rings. The summed E-state index contributed by atoms with van der Waals surface area (Å²) in [6.07, 6.45) is 2.56. The quantitative estimate of drug-likeness (QED) is 0.773. The number of aryl methyl sites for hydroxylation is 1. The zero-order valence-electron chi connectivity index (χ0n) is 11.5. The monoisotopic (exact) mass is 275 g/mol. The van der Waals surface area contributed by atoms with Gasteiger partial charge in [0.05, 0.1) is 13.1 Å². The Labute approximate surface area is 119 Å². The number of hydrogen-bond acceptors (Lipinski definition) is 1. The van der Waals surface area contributed by atoms with Crippen molar-refractivity contribution in [2.75, 3.05) is 18.0 Å². The Morgan fingerprint density at radius 1 is 1.21 bits per heavy atom. The van der Waals surface area contributed by atoms with Gasteiger partial charge in [-0.3, -0.25) is 4.90 Å². The van der Waals surface area contributed by atoms with Crippen molar-refractivity contribution in [2.45, 2.75) is 26.7 Å². The SMILES string of the molecule is Cc1cc(N2CCC(C)CC2)[nH+]c2cc(Cl)ccc12. The minimum Gasteiger partial charge on any atom is -0.262 e. The van der Waals surface area contributed by atoms with Crippen LogP contribution in [-0.4, -0.2) is 13.1 Å². The maximum atomic E-state index is 6.09. The van der Waals surface area contributed by atoms with Crippen LogP contribution >= 0.6 is 11.6 Å². The molecule has 0 radical (unpaired) electrons. The fraction of sp³-hybridized carbons (Fsp3) is 0.438. The van der Waals surface area contributed by atoms with Gasteiger partial charge >= 0.3 is 0 Å². The Balaban J connectivity index is 2.00. The molecule has 100 valence electrons. The van der Waals surface area contributed by atoms with E-state index in [1.165, 1.54) is 29.6 Å². The second-order valence-electron chi connectivity index (χ2n) is 5.70. The first kappa shape index (κ1) is 12.7. The van der Waals surface area contributed by atoms with Gasteiger partial charge in [-0.2, -0.15) is 0 Å². The molecular weight excluding hydrogens is 256 g/mol. The van der Waals surface area contributed by atoms with Crippen LogP contribution in [0, 0.1) is 12.8 Å². The zero-order chi connectivity index (χ0) is 13.4. The Morgan fingerprint density at radius 2 is 1.95 bits per heavy atom. The van der Waals surface area contributed by atoms with E-state index in [1.807, 2.05) is 12.1 Å². The van der Waals surface area contributed by atoms with Crippen LogP contribution in [0.25, 0.3) is 10.9 Å². The van der Waals surface area contributed by atoms with Gasteiger partial charge in [0.1, 0.15) is 5.52 Å². The number of nitrogens with one attached hydrogen (secondary N) is 1. The predicted octanol–water partition coefficient (Wildman–Crippen LogP) is 3.85. The number of anilines is 1. The van der Waals surface area contributed by atoms with Crippen LogP contribution in [0.5, 0.6) is 0 Å². The normalized spacial score (nSPS) is 17.1. The van der Waals surface area contributed by atoms with Gasteiger partial charge in [-0.05, 0) is 43.4 Å². The van der Waals surface area contributed by atoms with E-state index in [2.05, 4.69) is 35.9 Å². The molecule has 2 heterocycles. The molecule has 2 nitrogen and oxygen atoms in total. The molecule has 2 aromatic rings. The number of rotatable bonds is 1. The van der Waals surface area contributed by atoms with Gasteiger partial charge in [0, 0.05) is 22.5 Å². The second-order valence-corrected chi connectivity index (χ2v) is 6.13. The lowest BCUT2D eigenvalue weighted by atomic mass is 9.99. The van der Waals surface area contributed by atoms with Gasteiger partial charge in [0.15, 0.2) is 0 Å². The summed E-state index contributed by atoms with van der Waals surface area (Å²) in [7, 11) is 0. The van der Waals surface area contributed by atoms with Crippen LogP contribution in [0.4, 0.5) is 5.82 Å². The number of halogens is 1. The lowest BCUT2D eigenvalue weighted by Crippen LogP contribution is -2.36. The lowest BCUT2D eigenvalue weighted by molar-refractivity contribution is -0.330. The summed E-state index contributed by atoms with van der Waals surface area (Å²) >= 11 is 6.09. The Morgan fingerprint density at radius 3 is 2.68 bits per heavy atom. The number of aromatic amines is 1. The van der Waals surface area contributed by atoms with E-state index in [9.17, 15) is 0 Å². The summed E-state index contributed by atoms with van der Waals surface area (Å²) in [6, 6.07) is 8.31. The van der Waals surface area contributed by atoms with E-state index < -0.39 is 0 Å². The third-order valence-electron chi connectivity index (χ3n) is 4.15. The summed E-state index contributed by atoms with van der Waals surface area (Å²) in [4.78, 5) is 5.99. The molecule has 1 N–H and O–H groups in total. The maximum absolute atomic E-state index is 6.09. The topological polar surface area (TPSA) is 17.4 Å². The fourth-order valence-electron chi connectivity index (χ4n) is 2.84. The number of fused-ring (bicyclic) bond motifs is 1. The average molecular weight is 276 g/mol. The highest BCUT2D eigenvalue weighted by Crippen LogP contribution is 2.24. The zero-order valence-corrected chi connectivity index (χ0v) is 12.3.